The predicted octanol–water partition coefficient (Wildman–Crippen LogP) is 2.22. The van der Waals surface area contributed by atoms with E-state index >= 15 is 0 Å². The number of sulfone groups is 1. The van der Waals surface area contributed by atoms with Gasteiger partial charge in [0.15, 0.2) is 0 Å². The Hall–Kier alpha value is -1.45. The van der Waals surface area contributed by atoms with Crippen molar-refractivity contribution in [2.45, 2.75) is 34.1 Å². The van der Waals surface area contributed by atoms with E-state index in [2.05, 4.69) is 4.72 Å². The van der Waals surface area contributed by atoms with Gasteiger partial charge in [-0.05, 0) is 44.2 Å². The van der Waals surface area contributed by atoms with Crippen LogP contribution in [-0.4, -0.2) is 34.1 Å². The minimum atomic E-state index is -4.13. The van der Waals surface area contributed by atoms with Gasteiger partial charge in [-0.1, -0.05) is 29.8 Å². The first-order valence-corrected chi connectivity index (χ1v) is 10.6. The molecule has 25 heavy (non-hydrogen) atoms. The summed E-state index contributed by atoms with van der Waals surface area (Å²) in [6.45, 7) is 2.54. The summed E-state index contributed by atoms with van der Waals surface area (Å²) in [5, 5.41) is 9.13. The largest absolute Gasteiger partial charge is 0.394 e. The summed E-state index contributed by atoms with van der Waals surface area (Å²) in [5.74, 6) is 0. The normalized spacial score (nSPS) is 13.0. The zero-order valence-electron chi connectivity index (χ0n) is 13.6. The third kappa shape index (κ3) is 4.39. The third-order valence-corrected chi connectivity index (χ3v) is 7.31. The number of hydrogen-bond acceptors (Lipinski definition) is 5. The van der Waals surface area contributed by atoms with Crippen molar-refractivity contribution < 1.29 is 21.9 Å². The second-order valence-corrected chi connectivity index (χ2v) is 10.1. The summed E-state index contributed by atoms with van der Waals surface area (Å²) in [4.78, 5) is -0.512. The molecular formula is C16H18ClNO5S2. The molecule has 0 aromatic heterocycles. The van der Waals surface area contributed by atoms with Gasteiger partial charge in [0.05, 0.1) is 27.0 Å². The van der Waals surface area contributed by atoms with Gasteiger partial charge in [0.25, 0.3) is 0 Å². The van der Waals surface area contributed by atoms with Gasteiger partial charge in [-0.2, -0.15) is 0 Å². The molecule has 0 amide bonds. The van der Waals surface area contributed by atoms with Gasteiger partial charge >= 0.3 is 0 Å². The lowest BCUT2D eigenvalue weighted by Gasteiger charge is -2.23. The maximum absolute atomic E-state index is 12.7. The summed E-state index contributed by atoms with van der Waals surface area (Å²) >= 11 is 5.97. The lowest BCUT2D eigenvalue weighted by Crippen LogP contribution is -2.46. The highest BCUT2D eigenvalue weighted by atomic mass is 35.5. The van der Waals surface area contributed by atoms with Crippen molar-refractivity contribution in [3.63, 3.8) is 0 Å². The van der Waals surface area contributed by atoms with Crippen LogP contribution in [0.3, 0.4) is 0 Å². The lowest BCUT2D eigenvalue weighted by molar-refractivity contribution is 0.208. The molecule has 0 aliphatic carbocycles. The highest BCUT2D eigenvalue weighted by molar-refractivity contribution is 7.91. The zero-order chi connectivity index (χ0) is 18.9. The lowest BCUT2D eigenvalue weighted by atomic mass is 10.1. The van der Waals surface area contributed by atoms with Crippen LogP contribution in [0.1, 0.15) is 13.8 Å². The minimum absolute atomic E-state index is 0.0457. The number of benzene rings is 2. The van der Waals surface area contributed by atoms with Crippen molar-refractivity contribution >= 4 is 31.5 Å². The fraction of sp³-hybridized carbons (Fsp3) is 0.250. The van der Waals surface area contributed by atoms with Crippen LogP contribution in [0.5, 0.6) is 0 Å². The van der Waals surface area contributed by atoms with Gasteiger partial charge in [0, 0.05) is 0 Å². The molecule has 2 aromatic carbocycles. The van der Waals surface area contributed by atoms with E-state index in [0.29, 0.717) is 0 Å². The first-order valence-electron chi connectivity index (χ1n) is 7.24. The zero-order valence-corrected chi connectivity index (χ0v) is 16.0. The summed E-state index contributed by atoms with van der Waals surface area (Å²) in [6.07, 6.45) is 0. The second kappa shape index (κ2) is 7.05. The van der Waals surface area contributed by atoms with Gasteiger partial charge in [-0.3, -0.25) is 0 Å². The summed E-state index contributed by atoms with van der Waals surface area (Å²) in [6, 6.07) is 11.2. The van der Waals surface area contributed by atoms with E-state index in [0.717, 1.165) is 6.07 Å². The van der Waals surface area contributed by atoms with Crippen LogP contribution in [0, 0.1) is 0 Å². The van der Waals surface area contributed by atoms with Crippen LogP contribution < -0.4 is 4.72 Å². The molecular weight excluding hydrogens is 386 g/mol. The van der Waals surface area contributed by atoms with Crippen LogP contribution in [0.4, 0.5) is 0 Å². The van der Waals surface area contributed by atoms with E-state index in [4.69, 9.17) is 11.6 Å². The van der Waals surface area contributed by atoms with Crippen molar-refractivity contribution in [2.24, 2.45) is 0 Å². The molecule has 0 fully saturated rings. The molecule has 0 radical (unpaired) electrons. The quantitative estimate of drug-likeness (QED) is 0.770. The molecule has 0 heterocycles. The molecule has 2 rings (SSSR count). The van der Waals surface area contributed by atoms with Crippen LogP contribution in [0.25, 0.3) is 0 Å². The van der Waals surface area contributed by atoms with Gasteiger partial charge < -0.3 is 5.11 Å². The number of rotatable bonds is 6. The fourth-order valence-electron chi connectivity index (χ4n) is 2.04. The molecule has 136 valence electrons. The van der Waals surface area contributed by atoms with E-state index in [1.165, 1.54) is 38.1 Å². The van der Waals surface area contributed by atoms with E-state index in [9.17, 15) is 21.9 Å². The topological polar surface area (TPSA) is 101 Å². The number of nitrogens with one attached hydrogen (secondary N) is 1. The Morgan fingerprint density at radius 1 is 1.00 bits per heavy atom. The third-order valence-electron chi connectivity index (χ3n) is 3.36. The molecule has 2 aromatic rings. The molecule has 0 bridgehead atoms. The average Bonchev–Trinajstić information content (AvgIpc) is 2.54. The van der Waals surface area contributed by atoms with Crippen molar-refractivity contribution in [1.29, 1.82) is 0 Å². The highest BCUT2D eigenvalue weighted by Crippen LogP contribution is 2.28. The average molecular weight is 404 g/mol. The van der Waals surface area contributed by atoms with E-state index < -0.39 is 32.0 Å². The smallest absolute Gasteiger partial charge is 0.242 e. The predicted molar refractivity (Wildman–Crippen MR) is 94.8 cm³/mol. The van der Waals surface area contributed by atoms with Crippen molar-refractivity contribution in [1.82, 2.24) is 4.72 Å². The summed E-state index contributed by atoms with van der Waals surface area (Å²) in [7, 11) is -8.02. The van der Waals surface area contributed by atoms with Gasteiger partial charge in [-0.15, -0.1) is 0 Å². The number of hydrogen-bond donors (Lipinski definition) is 2. The molecule has 6 nitrogen and oxygen atoms in total. The first-order chi connectivity index (χ1) is 11.5. The Kier molecular flexibility index (Phi) is 5.60. The Bertz CT molecular complexity index is 971. The fourth-order valence-corrected chi connectivity index (χ4v) is 5.36. The maximum atomic E-state index is 12.7. The van der Waals surface area contributed by atoms with Gasteiger partial charge in [-0.25, -0.2) is 21.6 Å². The van der Waals surface area contributed by atoms with Crippen LogP contribution in [-0.2, 0) is 19.9 Å². The second-order valence-electron chi connectivity index (χ2n) is 6.06. The molecule has 0 saturated heterocycles. The van der Waals surface area contributed by atoms with Crippen LogP contribution in [0.15, 0.2) is 63.2 Å². The van der Waals surface area contributed by atoms with Gasteiger partial charge in [0.1, 0.15) is 4.90 Å². The Morgan fingerprint density at radius 3 is 2.16 bits per heavy atom. The first kappa shape index (κ1) is 19.9. The molecule has 9 heteroatoms. The monoisotopic (exact) mass is 403 g/mol. The minimum Gasteiger partial charge on any atom is -0.394 e. The Morgan fingerprint density at radius 2 is 1.60 bits per heavy atom. The molecule has 0 aliphatic rings. The van der Waals surface area contributed by atoms with E-state index in [1.807, 2.05) is 0 Å². The van der Waals surface area contributed by atoms with E-state index in [-0.39, 0.29) is 19.7 Å². The van der Waals surface area contributed by atoms with Crippen molar-refractivity contribution in [3.05, 3.63) is 53.6 Å². The van der Waals surface area contributed by atoms with E-state index in [1.54, 1.807) is 18.2 Å². The standard InChI is InChI=1S/C16H18ClNO5S2/c1-16(2,11-19)18-25(22,23)15-10-13(8-9-14(15)17)24(20,21)12-6-4-3-5-7-12/h3-10,18-19H,11H2,1-2H3. The SMILES string of the molecule is CC(C)(CO)NS(=O)(=O)c1cc(S(=O)(=O)c2ccccc2)ccc1Cl. The number of aliphatic hydroxyl groups is 1. The number of halogens is 1. The Balaban J connectivity index is 2.56. The molecule has 0 saturated carbocycles. The van der Waals surface area contributed by atoms with Crippen LogP contribution in [0.2, 0.25) is 5.02 Å². The molecule has 0 unspecified atom stereocenters. The van der Waals surface area contributed by atoms with Gasteiger partial charge in [0.2, 0.25) is 19.9 Å². The molecule has 0 aliphatic heterocycles. The Labute approximate surface area is 152 Å². The highest BCUT2D eigenvalue weighted by Gasteiger charge is 2.29. The van der Waals surface area contributed by atoms with Crippen LogP contribution >= 0.6 is 11.6 Å². The molecule has 0 atom stereocenters. The number of aliphatic hydroxyl groups excluding tert-OH is 1. The molecule has 2 N–H and O–H groups in total. The van der Waals surface area contributed by atoms with Crippen molar-refractivity contribution in [3.8, 4) is 0 Å². The van der Waals surface area contributed by atoms with Crippen molar-refractivity contribution in [2.75, 3.05) is 6.61 Å². The number of sulfonamides is 1. The molecule has 0 spiro atoms. The maximum Gasteiger partial charge on any atom is 0.242 e. The summed E-state index contributed by atoms with van der Waals surface area (Å²) < 4.78 is 52.7. The summed E-state index contributed by atoms with van der Waals surface area (Å²) in [5.41, 5.74) is -1.13.